The molecule has 17 heavy (non-hydrogen) atoms. The molecule has 0 amide bonds. The first-order chi connectivity index (χ1) is 8.26. The zero-order chi connectivity index (χ0) is 12.3. The highest BCUT2D eigenvalue weighted by atomic mass is 19.1. The number of nitrogens with zero attached hydrogens (tertiary/aromatic N) is 1. The summed E-state index contributed by atoms with van der Waals surface area (Å²) in [6.07, 6.45) is 4.16. The van der Waals surface area contributed by atoms with Gasteiger partial charge in [0.15, 0.2) is 6.29 Å². The molecule has 0 saturated heterocycles. The first-order valence-electron chi connectivity index (χ1n) is 6.25. The van der Waals surface area contributed by atoms with Crippen molar-refractivity contribution in [1.29, 1.82) is 0 Å². The largest absolute Gasteiger partial charge is 0.368 e. The van der Waals surface area contributed by atoms with Gasteiger partial charge >= 0.3 is 0 Å². The molecule has 92 valence electrons. The van der Waals surface area contributed by atoms with E-state index in [1.165, 1.54) is 18.9 Å². The van der Waals surface area contributed by atoms with Gasteiger partial charge in [0, 0.05) is 18.7 Å². The van der Waals surface area contributed by atoms with Crippen LogP contribution in [-0.4, -0.2) is 19.4 Å². The molecule has 0 unspecified atom stereocenters. The van der Waals surface area contributed by atoms with Crippen LogP contribution in [-0.2, 0) is 0 Å². The lowest BCUT2D eigenvalue weighted by atomic mass is 10.1. The fourth-order valence-electron chi connectivity index (χ4n) is 2.14. The van der Waals surface area contributed by atoms with E-state index in [2.05, 4.69) is 6.92 Å². The van der Waals surface area contributed by atoms with E-state index in [-0.39, 0.29) is 5.82 Å². The third kappa shape index (κ3) is 2.84. The number of hydrogen-bond acceptors (Lipinski definition) is 2. The molecule has 2 rings (SSSR count). The lowest BCUT2D eigenvalue weighted by Gasteiger charge is -2.26. The van der Waals surface area contributed by atoms with Crippen LogP contribution in [0.5, 0.6) is 0 Å². The Bertz CT molecular complexity index is 401. The molecular formula is C14H18FNO. The van der Waals surface area contributed by atoms with E-state index in [0.717, 1.165) is 25.8 Å². The number of aldehydes is 1. The van der Waals surface area contributed by atoms with E-state index < -0.39 is 0 Å². The second-order valence-corrected chi connectivity index (χ2v) is 4.68. The summed E-state index contributed by atoms with van der Waals surface area (Å²) in [4.78, 5) is 13.0. The van der Waals surface area contributed by atoms with Crippen LogP contribution >= 0.6 is 0 Å². The maximum absolute atomic E-state index is 13.9. The highest BCUT2D eigenvalue weighted by Gasteiger charge is 2.26. The van der Waals surface area contributed by atoms with Gasteiger partial charge in [0.25, 0.3) is 0 Å². The Hall–Kier alpha value is -1.38. The van der Waals surface area contributed by atoms with Crippen molar-refractivity contribution in [1.82, 2.24) is 0 Å². The molecule has 0 atom stereocenters. The van der Waals surface area contributed by atoms with Gasteiger partial charge < -0.3 is 4.90 Å². The molecule has 0 spiro atoms. The van der Waals surface area contributed by atoms with Crippen molar-refractivity contribution in [2.24, 2.45) is 5.92 Å². The molecule has 1 aliphatic rings. The van der Waals surface area contributed by atoms with Crippen molar-refractivity contribution in [3.05, 3.63) is 29.6 Å². The minimum absolute atomic E-state index is 0.288. The number of rotatable bonds is 6. The summed E-state index contributed by atoms with van der Waals surface area (Å²) >= 11 is 0. The lowest BCUT2D eigenvalue weighted by molar-refractivity contribution is 0.112. The van der Waals surface area contributed by atoms with E-state index in [1.807, 2.05) is 4.90 Å². The average molecular weight is 235 g/mol. The van der Waals surface area contributed by atoms with Crippen molar-refractivity contribution in [3.63, 3.8) is 0 Å². The molecule has 1 aliphatic carbocycles. The first-order valence-corrected chi connectivity index (χ1v) is 6.25. The summed E-state index contributed by atoms with van der Waals surface area (Å²) < 4.78 is 13.9. The van der Waals surface area contributed by atoms with Crippen LogP contribution in [0.3, 0.4) is 0 Å². The number of carbonyl (C=O) groups is 1. The predicted octanol–water partition coefficient (Wildman–Crippen LogP) is 3.26. The lowest BCUT2D eigenvalue weighted by Crippen LogP contribution is -2.28. The Morgan fingerprint density at radius 3 is 2.82 bits per heavy atom. The van der Waals surface area contributed by atoms with Gasteiger partial charge in [-0.25, -0.2) is 4.39 Å². The van der Waals surface area contributed by atoms with Crippen LogP contribution in [0.15, 0.2) is 18.2 Å². The van der Waals surface area contributed by atoms with E-state index in [4.69, 9.17) is 0 Å². The fraction of sp³-hybridized carbons (Fsp3) is 0.500. The Kier molecular flexibility index (Phi) is 3.77. The maximum atomic E-state index is 13.9. The normalized spacial score (nSPS) is 14.7. The quantitative estimate of drug-likeness (QED) is 0.705. The molecule has 1 fully saturated rings. The summed E-state index contributed by atoms with van der Waals surface area (Å²) in [7, 11) is 0. The topological polar surface area (TPSA) is 20.3 Å². The third-order valence-electron chi connectivity index (χ3n) is 3.13. The second-order valence-electron chi connectivity index (χ2n) is 4.68. The van der Waals surface area contributed by atoms with Gasteiger partial charge in [-0.2, -0.15) is 0 Å². The number of carbonyl (C=O) groups excluding carboxylic acids is 1. The van der Waals surface area contributed by atoms with Crippen molar-refractivity contribution >= 4 is 12.0 Å². The van der Waals surface area contributed by atoms with Crippen LogP contribution in [0.25, 0.3) is 0 Å². The van der Waals surface area contributed by atoms with Crippen LogP contribution in [0.2, 0.25) is 0 Å². The molecular weight excluding hydrogens is 217 g/mol. The molecule has 2 nitrogen and oxygen atoms in total. The molecule has 1 aromatic carbocycles. The minimum Gasteiger partial charge on any atom is -0.368 e. The molecule has 0 N–H and O–H groups in total. The van der Waals surface area contributed by atoms with Gasteiger partial charge in [0.2, 0.25) is 0 Å². The predicted molar refractivity (Wildman–Crippen MR) is 67.0 cm³/mol. The number of anilines is 1. The first kappa shape index (κ1) is 12.1. The number of halogens is 1. The molecule has 3 heteroatoms. The Morgan fingerprint density at radius 1 is 1.47 bits per heavy atom. The van der Waals surface area contributed by atoms with E-state index >= 15 is 0 Å². The van der Waals surface area contributed by atoms with Crippen LogP contribution in [0.4, 0.5) is 10.1 Å². The van der Waals surface area contributed by atoms with Crippen LogP contribution in [0, 0.1) is 11.7 Å². The van der Waals surface area contributed by atoms with Crippen molar-refractivity contribution in [2.75, 3.05) is 18.0 Å². The van der Waals surface area contributed by atoms with Gasteiger partial charge in [-0.3, -0.25) is 4.79 Å². The average Bonchev–Trinajstić information content (AvgIpc) is 3.12. The monoisotopic (exact) mass is 235 g/mol. The van der Waals surface area contributed by atoms with Crippen LogP contribution < -0.4 is 4.90 Å². The molecule has 1 saturated carbocycles. The van der Waals surface area contributed by atoms with E-state index in [1.54, 1.807) is 12.1 Å². The Labute approximate surface area is 101 Å². The zero-order valence-electron chi connectivity index (χ0n) is 10.2. The van der Waals surface area contributed by atoms with Crippen molar-refractivity contribution in [2.45, 2.75) is 26.2 Å². The summed E-state index contributed by atoms with van der Waals surface area (Å²) in [5.74, 6) is 0.393. The van der Waals surface area contributed by atoms with Gasteiger partial charge in [-0.15, -0.1) is 0 Å². The second kappa shape index (κ2) is 5.30. The molecule has 0 aliphatic heterocycles. The Balaban J connectivity index is 2.28. The zero-order valence-corrected chi connectivity index (χ0v) is 10.2. The van der Waals surface area contributed by atoms with Gasteiger partial charge in [-0.05, 0) is 37.3 Å². The highest BCUT2D eigenvalue weighted by Crippen LogP contribution is 2.33. The third-order valence-corrected chi connectivity index (χ3v) is 3.13. The van der Waals surface area contributed by atoms with Crippen molar-refractivity contribution in [3.8, 4) is 0 Å². The van der Waals surface area contributed by atoms with E-state index in [9.17, 15) is 9.18 Å². The standard InChI is InChI=1S/C14H18FNO/c1-2-8-16(9-11-6-7-11)14-12(10-17)4-3-5-13(14)15/h3-5,10-11H,2,6-9H2,1H3. The van der Waals surface area contributed by atoms with Gasteiger partial charge in [0.1, 0.15) is 5.82 Å². The summed E-state index contributed by atoms with van der Waals surface area (Å²) in [5, 5.41) is 0. The van der Waals surface area contributed by atoms with Gasteiger partial charge in [0.05, 0.1) is 5.69 Å². The number of hydrogen-bond donors (Lipinski definition) is 0. The summed E-state index contributed by atoms with van der Waals surface area (Å²) in [5.41, 5.74) is 0.940. The molecule has 0 heterocycles. The summed E-state index contributed by atoms with van der Waals surface area (Å²) in [6, 6.07) is 4.70. The molecule has 0 aromatic heterocycles. The SMILES string of the molecule is CCCN(CC1CC1)c1c(F)cccc1C=O. The number of benzene rings is 1. The fourth-order valence-corrected chi connectivity index (χ4v) is 2.14. The summed E-state index contributed by atoms with van der Waals surface area (Å²) in [6.45, 7) is 3.75. The molecule has 0 bridgehead atoms. The van der Waals surface area contributed by atoms with Crippen LogP contribution in [0.1, 0.15) is 36.5 Å². The van der Waals surface area contributed by atoms with Crippen molar-refractivity contribution < 1.29 is 9.18 Å². The smallest absolute Gasteiger partial charge is 0.152 e. The van der Waals surface area contributed by atoms with E-state index in [0.29, 0.717) is 17.2 Å². The highest BCUT2D eigenvalue weighted by molar-refractivity contribution is 5.84. The van der Waals surface area contributed by atoms with Gasteiger partial charge in [-0.1, -0.05) is 13.0 Å². The molecule has 0 radical (unpaired) electrons. The number of para-hydroxylation sites is 1. The maximum Gasteiger partial charge on any atom is 0.152 e. The minimum atomic E-state index is -0.288. The Morgan fingerprint density at radius 2 is 2.24 bits per heavy atom. The molecule has 1 aromatic rings.